The molecular weight excluding hydrogens is 614 g/mol. The summed E-state index contributed by atoms with van der Waals surface area (Å²) in [6.45, 7) is 0. The second-order valence-electron chi connectivity index (χ2n) is 9.10. The van der Waals surface area contributed by atoms with Gasteiger partial charge >= 0.3 is 0 Å². The normalized spacial score (nSPS) is 19.9. The second-order valence-corrected chi connectivity index (χ2v) is 11.8. The third kappa shape index (κ3) is 4.74. The quantitative estimate of drug-likeness (QED) is 0.212. The summed E-state index contributed by atoms with van der Waals surface area (Å²) in [5.41, 5.74) is 7.80. The van der Waals surface area contributed by atoms with E-state index in [9.17, 15) is 10.1 Å². The Morgan fingerprint density at radius 3 is 2.46 bits per heavy atom. The van der Waals surface area contributed by atoms with Crippen LogP contribution in [0.2, 0.25) is 0 Å². The summed E-state index contributed by atoms with van der Waals surface area (Å²) >= 11 is 8.68. The van der Waals surface area contributed by atoms with E-state index in [1.165, 1.54) is 22.8 Å². The fraction of sp³-hybridized carbons (Fsp3) is 0.138. The summed E-state index contributed by atoms with van der Waals surface area (Å²) in [4.78, 5) is 18.6. The highest BCUT2D eigenvalue weighted by molar-refractivity contribution is 9.10. The van der Waals surface area contributed by atoms with E-state index < -0.39 is 0 Å². The number of thioether (sulfide) groups is 1. The summed E-state index contributed by atoms with van der Waals surface area (Å²) < 4.78 is 2.09. The van der Waals surface area contributed by atoms with Gasteiger partial charge < -0.3 is 4.90 Å². The minimum absolute atomic E-state index is 0.0373. The predicted molar refractivity (Wildman–Crippen MR) is 158 cm³/mol. The maximum absolute atomic E-state index is 11.5. The largest absolute Gasteiger partial charge is 0.308 e. The van der Waals surface area contributed by atoms with Crippen LogP contribution >= 0.6 is 43.6 Å². The van der Waals surface area contributed by atoms with Gasteiger partial charge in [-0.2, -0.15) is 0 Å². The third-order valence-corrected chi connectivity index (χ3v) is 8.68. The lowest BCUT2D eigenvalue weighted by atomic mass is 9.83. The molecule has 3 aromatic carbocycles. The van der Waals surface area contributed by atoms with E-state index in [1.807, 2.05) is 6.07 Å². The lowest BCUT2D eigenvalue weighted by Gasteiger charge is -2.40. The molecule has 5 nitrogen and oxygen atoms in total. The molecule has 0 radical (unpaired) electrons. The number of halogens is 2. The van der Waals surface area contributed by atoms with Crippen molar-refractivity contribution in [3.05, 3.63) is 131 Å². The van der Waals surface area contributed by atoms with Crippen LogP contribution in [-0.4, -0.2) is 15.0 Å². The molecule has 184 valence electrons. The number of hydrogen-bond donors (Lipinski definition) is 0. The lowest BCUT2D eigenvalue weighted by molar-refractivity contribution is -0.384. The van der Waals surface area contributed by atoms with Crippen LogP contribution in [0.5, 0.6) is 0 Å². The Hall–Kier alpha value is -2.94. The van der Waals surface area contributed by atoms with Crippen molar-refractivity contribution in [3.63, 3.8) is 0 Å². The Morgan fingerprint density at radius 2 is 1.73 bits per heavy atom. The van der Waals surface area contributed by atoms with Gasteiger partial charge in [-0.1, -0.05) is 80.0 Å². The molecule has 3 aliphatic rings. The molecule has 0 aromatic heterocycles. The number of hydrogen-bond acceptors (Lipinski definition) is 5. The van der Waals surface area contributed by atoms with Gasteiger partial charge in [-0.05, 0) is 71.9 Å². The maximum Gasteiger partial charge on any atom is 0.270 e. The van der Waals surface area contributed by atoms with Gasteiger partial charge in [0.05, 0.1) is 22.4 Å². The number of aliphatic imine (C=N–C) groups is 1. The van der Waals surface area contributed by atoms with Crippen LogP contribution in [0.1, 0.15) is 42.0 Å². The van der Waals surface area contributed by atoms with Crippen LogP contribution < -0.4 is 0 Å². The van der Waals surface area contributed by atoms with Crippen molar-refractivity contribution in [1.29, 1.82) is 0 Å². The molecular formula is C29H21Br2N3O2S. The lowest BCUT2D eigenvalue weighted by Crippen LogP contribution is -2.34. The highest BCUT2D eigenvalue weighted by Crippen LogP contribution is 2.51. The highest BCUT2D eigenvalue weighted by Gasteiger charge is 2.40. The van der Waals surface area contributed by atoms with E-state index in [-0.39, 0.29) is 16.7 Å². The monoisotopic (exact) mass is 633 g/mol. The van der Waals surface area contributed by atoms with Crippen molar-refractivity contribution in [2.75, 3.05) is 0 Å². The Labute approximate surface area is 236 Å². The Morgan fingerprint density at radius 1 is 1.00 bits per heavy atom. The van der Waals surface area contributed by atoms with Crippen LogP contribution in [0.4, 0.5) is 5.69 Å². The van der Waals surface area contributed by atoms with Gasteiger partial charge in [0.1, 0.15) is 0 Å². The van der Waals surface area contributed by atoms with Gasteiger partial charge in [-0.25, -0.2) is 4.99 Å². The van der Waals surface area contributed by atoms with E-state index in [1.54, 1.807) is 23.9 Å². The molecule has 6 rings (SSSR count). The number of fused-ring (bicyclic) bond motifs is 1. The maximum atomic E-state index is 11.5. The van der Waals surface area contributed by atoms with Gasteiger partial charge in [0, 0.05) is 32.0 Å². The average Bonchev–Trinajstić information content (AvgIpc) is 3.33. The number of allylic oxidation sites excluding steroid dienone is 1. The molecule has 0 N–H and O–H groups in total. The van der Waals surface area contributed by atoms with Crippen LogP contribution in [-0.2, 0) is 0 Å². The molecule has 2 aliphatic heterocycles. The molecule has 1 unspecified atom stereocenters. The molecule has 0 spiro atoms. The standard InChI is InChI=1S/C29H21Br2N3O2S/c30-22-11-7-18(8-12-22)15-21-4-2-6-25-27(21)32-29-33(28(25)19-9-13-23(31)14-10-19)26(17-37-29)20-3-1-5-24(16-20)34(35)36/h1,3,5,7-17,28H,2,4,6H2. The third-order valence-electron chi connectivity index (χ3n) is 6.79. The van der Waals surface area contributed by atoms with E-state index in [0.717, 1.165) is 55.9 Å². The first kappa shape index (κ1) is 24.4. The topological polar surface area (TPSA) is 58.7 Å². The van der Waals surface area contributed by atoms with Crippen molar-refractivity contribution >= 4 is 66.2 Å². The molecule has 0 amide bonds. The molecule has 3 aromatic rings. The van der Waals surface area contributed by atoms with Crippen molar-refractivity contribution in [2.24, 2.45) is 4.99 Å². The number of rotatable bonds is 4. The number of nitro benzene ring substituents is 1. The summed E-state index contributed by atoms with van der Waals surface area (Å²) in [7, 11) is 0. The van der Waals surface area contributed by atoms with Gasteiger partial charge in [0.15, 0.2) is 5.17 Å². The van der Waals surface area contributed by atoms with Gasteiger partial charge in [0.2, 0.25) is 0 Å². The minimum Gasteiger partial charge on any atom is -0.308 e. The summed E-state index contributed by atoms with van der Waals surface area (Å²) in [6.07, 6.45) is 5.24. The van der Waals surface area contributed by atoms with E-state index in [2.05, 4.69) is 96.8 Å². The molecule has 0 fully saturated rings. The number of non-ortho nitro benzene ring substituents is 1. The zero-order valence-corrected chi connectivity index (χ0v) is 23.6. The Kier molecular flexibility index (Phi) is 6.65. The first-order chi connectivity index (χ1) is 18.0. The summed E-state index contributed by atoms with van der Waals surface area (Å²) in [5, 5.41) is 14.5. The number of nitrogens with zero attached hydrogens (tertiary/aromatic N) is 3. The molecule has 2 heterocycles. The van der Waals surface area contributed by atoms with Gasteiger partial charge in [0.25, 0.3) is 5.69 Å². The number of amidine groups is 1. The molecule has 1 aliphatic carbocycles. The second kappa shape index (κ2) is 10.1. The van der Waals surface area contributed by atoms with E-state index >= 15 is 0 Å². The molecule has 0 saturated carbocycles. The highest BCUT2D eigenvalue weighted by atomic mass is 79.9. The first-order valence-electron chi connectivity index (χ1n) is 11.9. The van der Waals surface area contributed by atoms with Crippen LogP contribution in [0.3, 0.4) is 0 Å². The Balaban J connectivity index is 1.48. The zero-order chi connectivity index (χ0) is 25.5. The van der Waals surface area contributed by atoms with Gasteiger partial charge in [-0.15, -0.1) is 0 Å². The SMILES string of the molecule is O=[N+]([O-])c1cccc(C2=CSC3=NC4=C(CCCC4=Cc4ccc(Br)cc4)C(c4ccc(Br)cc4)N23)c1. The van der Waals surface area contributed by atoms with E-state index in [4.69, 9.17) is 4.99 Å². The Bertz CT molecular complexity index is 1530. The zero-order valence-electron chi connectivity index (χ0n) is 19.6. The van der Waals surface area contributed by atoms with Crippen molar-refractivity contribution in [3.8, 4) is 0 Å². The van der Waals surface area contributed by atoms with Crippen molar-refractivity contribution in [2.45, 2.75) is 25.3 Å². The smallest absolute Gasteiger partial charge is 0.270 e. The fourth-order valence-corrected chi connectivity index (χ4v) is 6.57. The van der Waals surface area contributed by atoms with Crippen LogP contribution in [0.25, 0.3) is 11.8 Å². The van der Waals surface area contributed by atoms with Crippen LogP contribution in [0, 0.1) is 10.1 Å². The molecule has 37 heavy (non-hydrogen) atoms. The molecule has 1 atom stereocenters. The fourth-order valence-electron chi connectivity index (χ4n) is 5.11. The summed E-state index contributed by atoms with van der Waals surface area (Å²) in [5.74, 6) is 0. The number of nitro groups is 1. The summed E-state index contributed by atoms with van der Waals surface area (Å²) in [6, 6.07) is 23.6. The van der Waals surface area contributed by atoms with E-state index in [0.29, 0.717) is 0 Å². The minimum atomic E-state index is -0.343. The average molecular weight is 635 g/mol. The van der Waals surface area contributed by atoms with Crippen LogP contribution in [0.15, 0.2) is 109 Å². The first-order valence-corrected chi connectivity index (χ1v) is 14.4. The number of benzene rings is 3. The predicted octanol–water partition coefficient (Wildman–Crippen LogP) is 9.10. The van der Waals surface area contributed by atoms with Crippen molar-refractivity contribution in [1.82, 2.24) is 4.90 Å². The molecule has 0 bridgehead atoms. The molecule has 8 heteroatoms. The molecule has 0 saturated heterocycles. The van der Waals surface area contributed by atoms with Crippen molar-refractivity contribution < 1.29 is 4.92 Å². The van der Waals surface area contributed by atoms with Gasteiger partial charge in [-0.3, -0.25) is 10.1 Å².